The highest BCUT2D eigenvalue weighted by molar-refractivity contribution is 6.31. The lowest BCUT2D eigenvalue weighted by Gasteiger charge is -2.11. The second kappa shape index (κ2) is 5.67. The van der Waals surface area contributed by atoms with Gasteiger partial charge in [0.25, 0.3) is 0 Å². The molecule has 1 rings (SSSR count). The van der Waals surface area contributed by atoms with E-state index in [0.717, 1.165) is 0 Å². The molecular formula is C13H14ClNO. The first-order valence-electron chi connectivity index (χ1n) is 5.23. The van der Waals surface area contributed by atoms with Crippen LogP contribution in [0.2, 0.25) is 5.02 Å². The van der Waals surface area contributed by atoms with Gasteiger partial charge in [0.1, 0.15) is 5.92 Å². The van der Waals surface area contributed by atoms with Crippen molar-refractivity contribution in [3.05, 3.63) is 34.9 Å². The summed E-state index contributed by atoms with van der Waals surface area (Å²) >= 11 is 5.98. The molecule has 0 radical (unpaired) electrons. The summed E-state index contributed by atoms with van der Waals surface area (Å²) in [4.78, 5) is 11.9. The van der Waals surface area contributed by atoms with Crippen molar-refractivity contribution >= 4 is 17.4 Å². The number of carbonyl (C=O) groups excluding carboxylic acids is 1. The van der Waals surface area contributed by atoms with Gasteiger partial charge in [0.05, 0.1) is 6.07 Å². The van der Waals surface area contributed by atoms with Gasteiger partial charge in [0.2, 0.25) is 0 Å². The molecule has 0 aromatic heterocycles. The van der Waals surface area contributed by atoms with Crippen molar-refractivity contribution < 1.29 is 4.79 Å². The summed E-state index contributed by atoms with van der Waals surface area (Å²) in [7, 11) is 0. The van der Waals surface area contributed by atoms with Gasteiger partial charge in [-0.1, -0.05) is 43.6 Å². The molecule has 0 aliphatic rings. The molecule has 0 amide bonds. The summed E-state index contributed by atoms with van der Waals surface area (Å²) < 4.78 is 0. The fourth-order valence-electron chi connectivity index (χ4n) is 1.54. The van der Waals surface area contributed by atoms with Crippen LogP contribution in [0.15, 0.2) is 24.3 Å². The molecule has 2 nitrogen and oxygen atoms in total. The van der Waals surface area contributed by atoms with Crippen LogP contribution in [-0.2, 0) is 4.79 Å². The lowest BCUT2D eigenvalue weighted by molar-refractivity contribution is -0.120. The van der Waals surface area contributed by atoms with Crippen molar-refractivity contribution in [2.45, 2.75) is 26.2 Å². The van der Waals surface area contributed by atoms with Gasteiger partial charge >= 0.3 is 0 Å². The predicted molar refractivity (Wildman–Crippen MR) is 64.3 cm³/mol. The third-order valence-electron chi connectivity index (χ3n) is 2.28. The minimum atomic E-state index is -0.740. The van der Waals surface area contributed by atoms with Crippen molar-refractivity contribution in [1.82, 2.24) is 0 Å². The Balaban J connectivity index is 2.96. The van der Waals surface area contributed by atoms with E-state index in [0.29, 0.717) is 17.0 Å². The van der Waals surface area contributed by atoms with E-state index in [1.165, 1.54) is 0 Å². The lowest BCUT2D eigenvalue weighted by Crippen LogP contribution is -2.13. The Hall–Kier alpha value is -1.33. The number of ketones is 1. The zero-order valence-corrected chi connectivity index (χ0v) is 10.2. The fraction of sp³-hybridized carbons (Fsp3) is 0.385. The molecule has 0 fully saturated rings. The Bertz CT molecular complexity index is 420. The van der Waals surface area contributed by atoms with Crippen molar-refractivity contribution in [3.8, 4) is 6.07 Å². The van der Waals surface area contributed by atoms with Gasteiger partial charge in [-0.05, 0) is 17.5 Å². The van der Waals surface area contributed by atoms with Gasteiger partial charge in [0.15, 0.2) is 5.78 Å². The van der Waals surface area contributed by atoms with E-state index in [9.17, 15) is 4.79 Å². The summed E-state index contributed by atoms with van der Waals surface area (Å²) in [5.41, 5.74) is 0.609. The zero-order valence-electron chi connectivity index (χ0n) is 9.40. The van der Waals surface area contributed by atoms with E-state index >= 15 is 0 Å². The molecular weight excluding hydrogens is 222 g/mol. The Morgan fingerprint density at radius 2 is 2.06 bits per heavy atom. The van der Waals surface area contributed by atoms with Gasteiger partial charge in [0, 0.05) is 11.4 Å². The number of nitrogens with zero attached hydrogens (tertiary/aromatic N) is 1. The molecule has 0 aliphatic heterocycles. The maximum absolute atomic E-state index is 11.9. The van der Waals surface area contributed by atoms with Crippen LogP contribution in [0.5, 0.6) is 0 Å². The van der Waals surface area contributed by atoms with Crippen LogP contribution in [0.25, 0.3) is 0 Å². The first-order chi connectivity index (χ1) is 7.56. The number of nitriles is 1. The van der Waals surface area contributed by atoms with Crippen LogP contribution in [0.1, 0.15) is 31.7 Å². The molecule has 1 atom stereocenters. The third-order valence-corrected chi connectivity index (χ3v) is 2.62. The predicted octanol–water partition coefficient (Wildman–Crippen LogP) is 3.56. The Morgan fingerprint density at radius 1 is 1.44 bits per heavy atom. The molecule has 1 aromatic carbocycles. The number of rotatable bonds is 4. The molecule has 16 heavy (non-hydrogen) atoms. The minimum absolute atomic E-state index is 0.0643. The SMILES string of the molecule is CC(C)CC(=O)C(C#N)c1ccccc1Cl. The van der Waals surface area contributed by atoms with Gasteiger partial charge < -0.3 is 0 Å². The second-order valence-electron chi connectivity index (χ2n) is 4.15. The lowest BCUT2D eigenvalue weighted by atomic mass is 9.91. The number of halogens is 1. The fourth-order valence-corrected chi connectivity index (χ4v) is 1.79. The minimum Gasteiger partial charge on any atom is -0.298 e. The molecule has 3 heteroatoms. The molecule has 0 spiro atoms. The number of carbonyl (C=O) groups is 1. The topological polar surface area (TPSA) is 40.9 Å². The van der Waals surface area contributed by atoms with Crippen LogP contribution < -0.4 is 0 Å². The maximum Gasteiger partial charge on any atom is 0.154 e. The molecule has 0 heterocycles. The molecule has 0 aliphatic carbocycles. The standard InChI is InChI=1S/C13H14ClNO/c1-9(2)7-13(16)11(8-15)10-5-3-4-6-12(10)14/h3-6,9,11H,7H2,1-2H3. The summed E-state index contributed by atoms with van der Waals surface area (Å²) in [6.07, 6.45) is 0.406. The van der Waals surface area contributed by atoms with Gasteiger partial charge in [-0.3, -0.25) is 4.79 Å². The summed E-state index contributed by atoms with van der Waals surface area (Å²) in [5.74, 6) is -0.549. The number of hydrogen-bond acceptors (Lipinski definition) is 2. The molecule has 0 saturated carbocycles. The first kappa shape index (κ1) is 12.7. The summed E-state index contributed by atoms with van der Waals surface area (Å²) in [6, 6.07) is 9.03. The molecule has 0 N–H and O–H groups in total. The van der Waals surface area contributed by atoms with E-state index in [-0.39, 0.29) is 11.7 Å². The average Bonchev–Trinajstić information content (AvgIpc) is 2.20. The largest absolute Gasteiger partial charge is 0.298 e. The van der Waals surface area contributed by atoms with Gasteiger partial charge in [-0.2, -0.15) is 5.26 Å². The second-order valence-corrected chi connectivity index (χ2v) is 4.56. The van der Waals surface area contributed by atoms with E-state index in [2.05, 4.69) is 0 Å². The van der Waals surface area contributed by atoms with E-state index < -0.39 is 5.92 Å². The van der Waals surface area contributed by atoms with Crippen LogP contribution >= 0.6 is 11.6 Å². The van der Waals surface area contributed by atoms with Crippen LogP contribution in [-0.4, -0.2) is 5.78 Å². The van der Waals surface area contributed by atoms with Gasteiger partial charge in [-0.25, -0.2) is 0 Å². The first-order valence-corrected chi connectivity index (χ1v) is 5.60. The van der Waals surface area contributed by atoms with Crippen molar-refractivity contribution in [2.24, 2.45) is 5.92 Å². The van der Waals surface area contributed by atoms with Crippen molar-refractivity contribution in [1.29, 1.82) is 5.26 Å². The van der Waals surface area contributed by atoms with E-state index in [4.69, 9.17) is 16.9 Å². The van der Waals surface area contributed by atoms with Crippen LogP contribution in [0.4, 0.5) is 0 Å². The number of Topliss-reactive ketones (excluding diaryl/α,β-unsaturated/α-hetero) is 1. The van der Waals surface area contributed by atoms with E-state index in [1.807, 2.05) is 19.9 Å². The van der Waals surface area contributed by atoms with Crippen LogP contribution in [0.3, 0.4) is 0 Å². The quantitative estimate of drug-likeness (QED) is 0.801. The summed E-state index contributed by atoms with van der Waals surface area (Å²) in [6.45, 7) is 3.91. The van der Waals surface area contributed by atoms with Gasteiger partial charge in [-0.15, -0.1) is 0 Å². The molecule has 1 aromatic rings. The van der Waals surface area contributed by atoms with Crippen LogP contribution in [0, 0.1) is 17.2 Å². The molecule has 1 unspecified atom stereocenters. The maximum atomic E-state index is 11.9. The molecule has 84 valence electrons. The number of benzene rings is 1. The smallest absolute Gasteiger partial charge is 0.154 e. The molecule has 0 saturated heterocycles. The van der Waals surface area contributed by atoms with Crippen molar-refractivity contribution in [2.75, 3.05) is 0 Å². The average molecular weight is 236 g/mol. The third kappa shape index (κ3) is 3.08. The highest BCUT2D eigenvalue weighted by Crippen LogP contribution is 2.26. The normalized spacial score (nSPS) is 12.2. The Kier molecular flexibility index (Phi) is 4.52. The molecule has 0 bridgehead atoms. The van der Waals surface area contributed by atoms with E-state index in [1.54, 1.807) is 24.3 Å². The highest BCUT2D eigenvalue weighted by Gasteiger charge is 2.22. The Labute approximate surface area is 101 Å². The number of hydrogen-bond donors (Lipinski definition) is 0. The Morgan fingerprint density at radius 3 is 2.56 bits per heavy atom. The zero-order chi connectivity index (χ0) is 12.1. The summed E-state index contributed by atoms with van der Waals surface area (Å²) in [5, 5.41) is 9.54. The monoisotopic (exact) mass is 235 g/mol. The highest BCUT2D eigenvalue weighted by atomic mass is 35.5. The van der Waals surface area contributed by atoms with Crippen molar-refractivity contribution in [3.63, 3.8) is 0 Å².